The van der Waals surface area contributed by atoms with Crippen LogP contribution >= 0.6 is 0 Å². The van der Waals surface area contributed by atoms with E-state index in [1.165, 1.54) is 50.7 Å². The molecule has 0 aliphatic heterocycles. The van der Waals surface area contributed by atoms with Crippen molar-refractivity contribution in [3.63, 3.8) is 0 Å². The molecule has 0 heterocycles. The van der Waals surface area contributed by atoms with E-state index in [4.69, 9.17) is 5.84 Å². The van der Waals surface area contributed by atoms with Gasteiger partial charge in [0.05, 0.1) is 5.56 Å². The molecule has 0 saturated heterocycles. The monoisotopic (exact) mass is 350 g/mol. The highest BCUT2D eigenvalue weighted by Gasteiger charge is 2.21. The van der Waals surface area contributed by atoms with E-state index in [-0.39, 0.29) is 17.7 Å². The van der Waals surface area contributed by atoms with E-state index in [1.54, 1.807) is 0 Å². The molecule has 0 bridgehead atoms. The lowest BCUT2D eigenvalue weighted by Gasteiger charge is -2.15. The quantitative estimate of drug-likeness (QED) is 0.243. The minimum atomic E-state index is -0.779. The van der Waals surface area contributed by atoms with Gasteiger partial charge in [-0.25, -0.2) is 10.9 Å². The minimum absolute atomic E-state index is 0.110. The predicted molar refractivity (Wildman–Crippen MR) is 97.0 cm³/mol. The molecule has 0 spiro atoms. The van der Waals surface area contributed by atoms with Crippen LogP contribution in [-0.2, 0) is 4.79 Å². The van der Waals surface area contributed by atoms with E-state index in [9.17, 15) is 19.8 Å². The summed E-state index contributed by atoms with van der Waals surface area (Å²) < 4.78 is 0. The molecule has 6 heteroatoms. The number of nitrogens with two attached hydrogens (primary N) is 1. The van der Waals surface area contributed by atoms with Crippen molar-refractivity contribution in [3.05, 3.63) is 23.8 Å². The van der Waals surface area contributed by atoms with Crippen LogP contribution in [0.2, 0.25) is 0 Å². The maximum Gasteiger partial charge on any atom is 0.278 e. The summed E-state index contributed by atoms with van der Waals surface area (Å²) in [5.74, 6) is 3.74. The molecule has 2 amide bonds. The van der Waals surface area contributed by atoms with E-state index in [0.717, 1.165) is 18.9 Å². The number of phenolic OH excluding ortho intramolecular Hbond substituents is 2. The van der Waals surface area contributed by atoms with Gasteiger partial charge < -0.3 is 10.2 Å². The third-order valence-corrected chi connectivity index (χ3v) is 4.19. The van der Waals surface area contributed by atoms with Crippen molar-refractivity contribution >= 4 is 11.8 Å². The number of hydrazine groups is 1. The number of carbonyl (C=O) groups excluding carboxylic acids is 2. The average Bonchev–Trinajstić information content (AvgIpc) is 2.59. The van der Waals surface area contributed by atoms with Gasteiger partial charge in [-0.2, -0.15) is 0 Å². The Hall–Kier alpha value is -2.08. The Balaban J connectivity index is 2.26. The minimum Gasteiger partial charge on any atom is -0.508 e. The van der Waals surface area contributed by atoms with Crippen LogP contribution in [0.5, 0.6) is 11.5 Å². The number of hydrogen-bond donors (Lipinski definition) is 3. The standard InChI is InChI=1S/C19H30N2O4/c1-2-3-4-5-6-7-8-9-10-11-18(24)21(20)19(25)16-13-12-15(22)14-17(16)23/h12-14,22-23H,2-11,20H2,1H3. The van der Waals surface area contributed by atoms with Crippen LogP contribution in [0.4, 0.5) is 0 Å². The van der Waals surface area contributed by atoms with Crippen molar-refractivity contribution in [2.24, 2.45) is 5.84 Å². The second kappa shape index (κ2) is 11.5. The SMILES string of the molecule is CCCCCCCCCCCC(=O)N(N)C(=O)c1ccc(O)cc1O. The summed E-state index contributed by atoms with van der Waals surface area (Å²) in [6, 6.07) is 3.52. The summed E-state index contributed by atoms with van der Waals surface area (Å²) in [4.78, 5) is 24.1. The Morgan fingerprint density at radius 1 is 0.960 bits per heavy atom. The predicted octanol–water partition coefficient (Wildman–Crippen LogP) is 3.86. The molecule has 0 unspecified atom stereocenters. The molecular formula is C19H30N2O4. The third kappa shape index (κ3) is 7.56. The van der Waals surface area contributed by atoms with Crippen molar-refractivity contribution in [3.8, 4) is 11.5 Å². The van der Waals surface area contributed by atoms with Gasteiger partial charge in [0.15, 0.2) is 0 Å². The fraction of sp³-hybridized carbons (Fsp3) is 0.579. The first-order valence-corrected chi connectivity index (χ1v) is 9.11. The first-order chi connectivity index (χ1) is 12.0. The summed E-state index contributed by atoms with van der Waals surface area (Å²) in [6.45, 7) is 2.20. The molecule has 0 radical (unpaired) electrons. The topological polar surface area (TPSA) is 104 Å². The number of aromatic hydroxyl groups is 2. The molecule has 140 valence electrons. The smallest absolute Gasteiger partial charge is 0.278 e. The van der Waals surface area contributed by atoms with Crippen molar-refractivity contribution in [1.29, 1.82) is 0 Å². The first-order valence-electron chi connectivity index (χ1n) is 9.11. The van der Waals surface area contributed by atoms with E-state index < -0.39 is 17.6 Å². The molecule has 1 aromatic carbocycles. The number of hydrogen-bond acceptors (Lipinski definition) is 5. The Morgan fingerprint density at radius 2 is 1.52 bits per heavy atom. The van der Waals surface area contributed by atoms with Crippen LogP contribution in [0.3, 0.4) is 0 Å². The molecule has 0 fully saturated rings. The number of imide groups is 1. The molecule has 0 saturated carbocycles. The molecule has 4 N–H and O–H groups in total. The van der Waals surface area contributed by atoms with Gasteiger partial charge in [0.25, 0.3) is 5.91 Å². The number of benzene rings is 1. The van der Waals surface area contributed by atoms with Gasteiger partial charge >= 0.3 is 0 Å². The Labute approximate surface area is 149 Å². The molecule has 1 rings (SSSR count). The number of carbonyl (C=O) groups is 2. The van der Waals surface area contributed by atoms with Crippen molar-refractivity contribution in [1.82, 2.24) is 5.01 Å². The summed E-state index contributed by atoms with van der Waals surface area (Å²) >= 11 is 0. The van der Waals surface area contributed by atoms with Crippen LogP contribution < -0.4 is 5.84 Å². The van der Waals surface area contributed by atoms with E-state index in [1.807, 2.05) is 0 Å². The summed E-state index contributed by atoms with van der Waals surface area (Å²) in [6.07, 6.45) is 10.4. The lowest BCUT2D eigenvalue weighted by molar-refractivity contribution is -0.129. The second-order valence-electron chi connectivity index (χ2n) is 6.35. The molecule has 6 nitrogen and oxygen atoms in total. The van der Waals surface area contributed by atoms with Gasteiger partial charge in [-0.05, 0) is 18.6 Å². The van der Waals surface area contributed by atoms with Crippen molar-refractivity contribution in [2.75, 3.05) is 0 Å². The molecule has 25 heavy (non-hydrogen) atoms. The fourth-order valence-electron chi connectivity index (χ4n) is 2.65. The zero-order valence-electron chi connectivity index (χ0n) is 15.0. The number of amides is 2. The molecule has 0 atom stereocenters. The van der Waals surface area contributed by atoms with Crippen LogP contribution in [0.1, 0.15) is 81.5 Å². The van der Waals surface area contributed by atoms with E-state index >= 15 is 0 Å². The molecule has 1 aromatic rings. The maximum atomic E-state index is 12.1. The lowest BCUT2D eigenvalue weighted by atomic mass is 10.1. The van der Waals surface area contributed by atoms with Gasteiger partial charge in [0.1, 0.15) is 11.5 Å². The number of unbranched alkanes of at least 4 members (excludes halogenated alkanes) is 8. The van der Waals surface area contributed by atoms with E-state index in [0.29, 0.717) is 11.4 Å². The van der Waals surface area contributed by atoms with Gasteiger partial charge in [-0.1, -0.05) is 58.3 Å². The number of nitrogens with zero attached hydrogens (tertiary/aromatic N) is 1. The van der Waals surface area contributed by atoms with Gasteiger partial charge in [0, 0.05) is 12.5 Å². The molecule has 0 aliphatic carbocycles. The van der Waals surface area contributed by atoms with Crippen LogP contribution in [-0.4, -0.2) is 27.0 Å². The highest BCUT2D eigenvalue weighted by atomic mass is 16.3. The van der Waals surface area contributed by atoms with Crippen LogP contribution in [0.15, 0.2) is 18.2 Å². The third-order valence-electron chi connectivity index (χ3n) is 4.19. The Kier molecular flexibility index (Phi) is 9.62. The summed E-state index contributed by atoms with van der Waals surface area (Å²) in [5.41, 5.74) is -0.110. The molecular weight excluding hydrogens is 320 g/mol. The molecule has 0 aliphatic rings. The van der Waals surface area contributed by atoms with Crippen LogP contribution in [0, 0.1) is 0 Å². The highest BCUT2D eigenvalue weighted by molar-refractivity contribution is 6.05. The van der Waals surface area contributed by atoms with E-state index in [2.05, 4.69) is 6.92 Å². The normalized spacial score (nSPS) is 10.6. The van der Waals surface area contributed by atoms with Crippen molar-refractivity contribution in [2.45, 2.75) is 71.1 Å². The summed E-state index contributed by atoms with van der Waals surface area (Å²) in [5, 5.41) is 19.4. The zero-order chi connectivity index (χ0) is 18.7. The average molecular weight is 350 g/mol. The Bertz CT molecular complexity index is 560. The number of phenols is 2. The number of rotatable bonds is 11. The molecule has 0 aromatic heterocycles. The summed E-state index contributed by atoms with van der Waals surface area (Å²) in [7, 11) is 0. The van der Waals surface area contributed by atoms with Crippen LogP contribution in [0.25, 0.3) is 0 Å². The maximum absolute atomic E-state index is 12.1. The van der Waals surface area contributed by atoms with Gasteiger partial charge in [0.2, 0.25) is 5.91 Å². The largest absolute Gasteiger partial charge is 0.508 e. The second-order valence-corrected chi connectivity index (χ2v) is 6.35. The highest BCUT2D eigenvalue weighted by Crippen LogP contribution is 2.23. The fourth-order valence-corrected chi connectivity index (χ4v) is 2.65. The Morgan fingerprint density at radius 3 is 2.08 bits per heavy atom. The van der Waals surface area contributed by atoms with Gasteiger partial charge in [-0.15, -0.1) is 0 Å². The first kappa shape index (κ1) is 21.0. The lowest BCUT2D eigenvalue weighted by Crippen LogP contribution is -2.42. The van der Waals surface area contributed by atoms with Gasteiger partial charge in [-0.3, -0.25) is 9.59 Å². The zero-order valence-corrected chi connectivity index (χ0v) is 15.0. The van der Waals surface area contributed by atoms with Crippen molar-refractivity contribution < 1.29 is 19.8 Å².